The van der Waals surface area contributed by atoms with E-state index < -0.39 is 0 Å². The molecule has 3 aliphatic heterocycles. The minimum atomic E-state index is 0.0649. The molecule has 5 heterocycles. The lowest BCUT2D eigenvalue weighted by Crippen LogP contribution is -2.57. The second-order valence-corrected chi connectivity index (χ2v) is 7.03. The quantitative estimate of drug-likeness (QED) is 0.896. The molecule has 3 unspecified atom stereocenters. The summed E-state index contributed by atoms with van der Waals surface area (Å²) in [7, 11) is 0. The molecular weight excluding hydrogens is 306 g/mol. The highest BCUT2D eigenvalue weighted by Gasteiger charge is 2.45. The maximum Gasteiger partial charge on any atom is 0.228 e. The lowest BCUT2D eigenvalue weighted by molar-refractivity contribution is -0.138. The van der Waals surface area contributed by atoms with E-state index in [1.54, 1.807) is 6.33 Å². The van der Waals surface area contributed by atoms with E-state index >= 15 is 0 Å². The third kappa shape index (κ3) is 2.11. The van der Waals surface area contributed by atoms with Crippen LogP contribution in [-0.2, 0) is 9.53 Å². The first-order valence-electron chi connectivity index (χ1n) is 8.74. The van der Waals surface area contributed by atoms with Gasteiger partial charge < -0.3 is 19.5 Å². The van der Waals surface area contributed by atoms with Gasteiger partial charge in [-0.1, -0.05) is 0 Å². The van der Waals surface area contributed by atoms with Crippen molar-refractivity contribution in [2.24, 2.45) is 5.92 Å². The minimum Gasteiger partial charge on any atom is -0.381 e. The van der Waals surface area contributed by atoms with E-state index in [-0.39, 0.29) is 5.92 Å². The molecule has 24 heavy (non-hydrogen) atoms. The number of hydrogen-bond donors (Lipinski definition) is 1. The van der Waals surface area contributed by atoms with Crippen molar-refractivity contribution < 1.29 is 9.53 Å². The first-order chi connectivity index (χ1) is 11.8. The van der Waals surface area contributed by atoms with Gasteiger partial charge in [0.2, 0.25) is 5.91 Å². The first-order valence-corrected chi connectivity index (χ1v) is 8.74. The summed E-state index contributed by atoms with van der Waals surface area (Å²) in [5, 5.41) is 1.06. The summed E-state index contributed by atoms with van der Waals surface area (Å²) in [5.41, 5.74) is 0.869. The molecule has 2 bridgehead atoms. The van der Waals surface area contributed by atoms with Crippen LogP contribution in [0, 0.1) is 5.92 Å². The first kappa shape index (κ1) is 14.2. The Morgan fingerprint density at radius 3 is 2.79 bits per heavy atom. The van der Waals surface area contributed by atoms with E-state index in [4.69, 9.17) is 4.74 Å². The van der Waals surface area contributed by atoms with Gasteiger partial charge in [-0.05, 0) is 25.3 Å². The van der Waals surface area contributed by atoms with Crippen molar-refractivity contribution in [3.8, 4) is 0 Å². The van der Waals surface area contributed by atoms with Gasteiger partial charge in [-0.3, -0.25) is 4.79 Å². The zero-order valence-corrected chi connectivity index (χ0v) is 13.5. The van der Waals surface area contributed by atoms with Crippen molar-refractivity contribution in [1.82, 2.24) is 19.9 Å². The van der Waals surface area contributed by atoms with Gasteiger partial charge >= 0.3 is 0 Å². The monoisotopic (exact) mass is 327 g/mol. The Hall–Kier alpha value is -2.15. The molecule has 0 spiro atoms. The number of aromatic amines is 1. The zero-order chi connectivity index (χ0) is 16.1. The third-order valence-corrected chi connectivity index (χ3v) is 5.65. The second-order valence-electron chi connectivity index (χ2n) is 7.03. The number of amides is 1. The van der Waals surface area contributed by atoms with E-state index in [0.717, 1.165) is 55.8 Å². The van der Waals surface area contributed by atoms with Crippen molar-refractivity contribution in [2.45, 2.75) is 31.3 Å². The summed E-state index contributed by atoms with van der Waals surface area (Å²) in [6.07, 6.45) is 6.55. The largest absolute Gasteiger partial charge is 0.381 e. The van der Waals surface area contributed by atoms with Gasteiger partial charge in [0.15, 0.2) is 0 Å². The summed E-state index contributed by atoms with van der Waals surface area (Å²) >= 11 is 0. The van der Waals surface area contributed by atoms with Crippen LogP contribution in [0.5, 0.6) is 0 Å². The number of carbonyl (C=O) groups excluding carboxylic acids is 1. The van der Waals surface area contributed by atoms with Crippen molar-refractivity contribution >= 4 is 22.8 Å². The number of nitrogens with zero attached hydrogens (tertiary/aromatic N) is 4. The molecule has 0 aromatic carbocycles. The molecule has 1 N–H and O–H groups in total. The highest BCUT2D eigenvalue weighted by atomic mass is 16.5. The number of anilines is 1. The van der Waals surface area contributed by atoms with Gasteiger partial charge in [-0.25, -0.2) is 9.97 Å². The minimum absolute atomic E-state index is 0.0649. The highest BCUT2D eigenvalue weighted by Crippen LogP contribution is 2.35. The molecule has 3 aliphatic rings. The van der Waals surface area contributed by atoms with E-state index in [9.17, 15) is 4.79 Å². The standard InChI is InChI=1S/C17H21N5O2/c23-17(11-4-6-24-9-11)22-12-1-2-13(22)8-21(7-12)16-14-3-5-18-15(14)19-10-20-16/h3,5,10-13H,1-2,4,6-9H2,(H,18,19,20). The lowest BCUT2D eigenvalue weighted by atomic mass is 10.0. The molecule has 0 radical (unpaired) electrons. The molecule has 5 rings (SSSR count). The van der Waals surface area contributed by atoms with E-state index in [0.29, 0.717) is 24.6 Å². The van der Waals surface area contributed by atoms with Gasteiger partial charge in [0.05, 0.1) is 17.9 Å². The smallest absolute Gasteiger partial charge is 0.228 e. The predicted octanol–water partition coefficient (Wildman–Crippen LogP) is 1.17. The fourth-order valence-corrected chi connectivity index (χ4v) is 4.49. The lowest BCUT2D eigenvalue weighted by Gasteiger charge is -2.42. The van der Waals surface area contributed by atoms with Gasteiger partial charge in [-0.15, -0.1) is 0 Å². The molecule has 2 aromatic heterocycles. The van der Waals surface area contributed by atoms with Gasteiger partial charge in [0, 0.05) is 38.0 Å². The van der Waals surface area contributed by atoms with Crippen molar-refractivity contribution in [3.63, 3.8) is 0 Å². The van der Waals surface area contributed by atoms with Crippen LogP contribution in [0.25, 0.3) is 11.0 Å². The number of carbonyl (C=O) groups is 1. The molecule has 126 valence electrons. The molecule has 7 nitrogen and oxygen atoms in total. The van der Waals surface area contributed by atoms with Gasteiger partial charge in [0.25, 0.3) is 0 Å². The van der Waals surface area contributed by atoms with Gasteiger partial charge in [0.1, 0.15) is 17.8 Å². The number of nitrogens with one attached hydrogen (secondary N) is 1. The van der Waals surface area contributed by atoms with Crippen molar-refractivity contribution in [3.05, 3.63) is 18.6 Å². The third-order valence-electron chi connectivity index (χ3n) is 5.65. The molecule has 1 amide bonds. The van der Waals surface area contributed by atoms with Crippen LogP contribution >= 0.6 is 0 Å². The van der Waals surface area contributed by atoms with E-state index in [1.807, 2.05) is 12.3 Å². The molecule has 0 saturated carbocycles. The Balaban J connectivity index is 1.40. The second kappa shape index (κ2) is 5.44. The Kier molecular flexibility index (Phi) is 3.22. The Morgan fingerprint density at radius 1 is 1.21 bits per heavy atom. The van der Waals surface area contributed by atoms with Crippen LogP contribution in [0.15, 0.2) is 18.6 Å². The number of rotatable bonds is 2. The SMILES string of the molecule is O=C(C1CCOC1)N1C2CCC1CN(c1ncnc3[nH]ccc13)C2. The number of ether oxygens (including phenoxy) is 1. The molecule has 3 saturated heterocycles. The van der Waals surface area contributed by atoms with Crippen LogP contribution in [0.4, 0.5) is 5.82 Å². The van der Waals surface area contributed by atoms with Crippen LogP contribution in [0.2, 0.25) is 0 Å². The van der Waals surface area contributed by atoms with Crippen LogP contribution in [-0.4, -0.2) is 64.1 Å². The van der Waals surface area contributed by atoms with Crippen LogP contribution in [0.3, 0.4) is 0 Å². The summed E-state index contributed by atoms with van der Waals surface area (Å²) in [6.45, 7) is 3.02. The average molecular weight is 327 g/mol. The fourth-order valence-electron chi connectivity index (χ4n) is 4.49. The van der Waals surface area contributed by atoms with Crippen LogP contribution < -0.4 is 4.90 Å². The zero-order valence-electron chi connectivity index (χ0n) is 13.5. The number of hydrogen-bond acceptors (Lipinski definition) is 5. The van der Waals surface area contributed by atoms with E-state index in [2.05, 4.69) is 24.8 Å². The Bertz CT molecular complexity index is 755. The number of piperazine rings is 1. The van der Waals surface area contributed by atoms with Crippen molar-refractivity contribution in [1.29, 1.82) is 0 Å². The van der Waals surface area contributed by atoms with Crippen LogP contribution in [0.1, 0.15) is 19.3 Å². The van der Waals surface area contributed by atoms with E-state index in [1.165, 1.54) is 0 Å². The number of aromatic nitrogens is 3. The average Bonchev–Trinajstić information content (AvgIpc) is 3.33. The molecule has 3 atom stereocenters. The topological polar surface area (TPSA) is 74.3 Å². The fraction of sp³-hybridized carbons (Fsp3) is 0.588. The summed E-state index contributed by atoms with van der Waals surface area (Å²) in [6, 6.07) is 2.61. The summed E-state index contributed by atoms with van der Waals surface area (Å²) in [5.74, 6) is 1.35. The molecular formula is C17H21N5O2. The normalized spacial score (nSPS) is 29.6. The highest BCUT2D eigenvalue weighted by molar-refractivity contribution is 5.87. The maximum absolute atomic E-state index is 12.9. The molecule has 3 fully saturated rings. The summed E-state index contributed by atoms with van der Waals surface area (Å²) < 4.78 is 5.41. The predicted molar refractivity (Wildman–Crippen MR) is 88.7 cm³/mol. The van der Waals surface area contributed by atoms with Crippen molar-refractivity contribution in [2.75, 3.05) is 31.2 Å². The molecule has 0 aliphatic carbocycles. The Labute approximate surface area is 140 Å². The van der Waals surface area contributed by atoms with Gasteiger partial charge in [-0.2, -0.15) is 0 Å². The number of H-pyrrole nitrogens is 1. The number of fused-ring (bicyclic) bond motifs is 3. The molecule has 7 heteroatoms. The summed E-state index contributed by atoms with van der Waals surface area (Å²) in [4.78, 5) is 29.3. The Morgan fingerprint density at radius 2 is 2.04 bits per heavy atom. The maximum atomic E-state index is 12.9. The molecule has 2 aromatic rings.